The molecule has 0 atom stereocenters. The summed E-state index contributed by atoms with van der Waals surface area (Å²) in [6.07, 6.45) is 0.499. The van der Waals surface area contributed by atoms with Crippen LogP contribution in [0, 0.1) is 11.7 Å². The molecule has 1 aliphatic carbocycles. The van der Waals surface area contributed by atoms with E-state index in [0.717, 1.165) is 38.2 Å². The van der Waals surface area contributed by atoms with Crippen LogP contribution >= 0.6 is 0 Å². The Morgan fingerprint density at radius 3 is 2.43 bits per heavy atom. The summed E-state index contributed by atoms with van der Waals surface area (Å²) >= 11 is 0. The smallest absolute Gasteiger partial charge is 0.416 e. The van der Waals surface area contributed by atoms with Crippen molar-refractivity contribution in [2.45, 2.75) is 38.3 Å². The molecule has 0 saturated heterocycles. The van der Waals surface area contributed by atoms with Crippen LogP contribution in [0.25, 0.3) is 0 Å². The van der Waals surface area contributed by atoms with Gasteiger partial charge in [-0.3, -0.25) is 0 Å². The fourth-order valence-corrected chi connectivity index (χ4v) is 2.50. The van der Waals surface area contributed by atoms with E-state index < -0.39 is 29.1 Å². The predicted molar refractivity (Wildman–Crippen MR) is 68.3 cm³/mol. The van der Waals surface area contributed by atoms with Crippen molar-refractivity contribution in [2.24, 2.45) is 5.92 Å². The second-order valence-electron chi connectivity index (χ2n) is 5.33. The van der Waals surface area contributed by atoms with Crippen molar-refractivity contribution >= 4 is 5.97 Å². The Bertz CT molecular complexity index is 505. The van der Waals surface area contributed by atoms with Crippen LogP contribution < -0.4 is 0 Å². The van der Waals surface area contributed by atoms with Crippen molar-refractivity contribution in [1.82, 2.24) is 0 Å². The largest absolute Gasteiger partial charge is 0.462 e. The SMILES string of the molecule is O=C(OCC1CCCCC1)c1cc(F)cc(C(F)(F)F)c1. The molecule has 0 amide bonds. The van der Waals surface area contributed by atoms with E-state index in [9.17, 15) is 22.4 Å². The van der Waals surface area contributed by atoms with Gasteiger partial charge in [0.15, 0.2) is 0 Å². The lowest BCUT2D eigenvalue weighted by Crippen LogP contribution is -2.17. The van der Waals surface area contributed by atoms with Crippen molar-refractivity contribution in [3.63, 3.8) is 0 Å². The van der Waals surface area contributed by atoms with Gasteiger partial charge in [0, 0.05) is 0 Å². The van der Waals surface area contributed by atoms with E-state index in [1.54, 1.807) is 0 Å². The Morgan fingerprint density at radius 1 is 1.14 bits per heavy atom. The highest BCUT2D eigenvalue weighted by atomic mass is 19.4. The lowest BCUT2D eigenvalue weighted by Gasteiger charge is -2.21. The van der Waals surface area contributed by atoms with Crippen molar-refractivity contribution in [2.75, 3.05) is 6.61 Å². The second-order valence-corrected chi connectivity index (χ2v) is 5.33. The Labute approximate surface area is 120 Å². The minimum atomic E-state index is -4.69. The molecule has 1 aromatic rings. The molecule has 0 radical (unpaired) electrons. The number of esters is 1. The van der Waals surface area contributed by atoms with Gasteiger partial charge in [0.1, 0.15) is 5.82 Å². The molecular weight excluding hydrogens is 288 g/mol. The highest BCUT2D eigenvalue weighted by Crippen LogP contribution is 2.30. The van der Waals surface area contributed by atoms with Crippen LogP contribution in [0.15, 0.2) is 18.2 Å². The van der Waals surface area contributed by atoms with Gasteiger partial charge < -0.3 is 4.74 Å². The van der Waals surface area contributed by atoms with E-state index in [2.05, 4.69) is 0 Å². The predicted octanol–water partition coefficient (Wildman–Crippen LogP) is 4.58. The zero-order chi connectivity index (χ0) is 15.5. The minimum absolute atomic E-state index is 0.177. The Balaban J connectivity index is 2.03. The molecule has 2 rings (SSSR count). The first-order valence-corrected chi connectivity index (χ1v) is 6.91. The van der Waals surface area contributed by atoms with Gasteiger partial charge in [-0.05, 0) is 37.0 Å². The molecule has 0 aliphatic heterocycles. The summed E-state index contributed by atoms with van der Waals surface area (Å²) in [5.41, 5.74) is -1.59. The first-order valence-electron chi connectivity index (χ1n) is 6.91. The highest BCUT2D eigenvalue weighted by Gasteiger charge is 2.32. The molecule has 0 aromatic heterocycles. The lowest BCUT2D eigenvalue weighted by atomic mass is 9.90. The quantitative estimate of drug-likeness (QED) is 0.603. The van der Waals surface area contributed by atoms with Crippen molar-refractivity contribution in [3.8, 4) is 0 Å². The highest BCUT2D eigenvalue weighted by molar-refractivity contribution is 5.89. The standard InChI is InChI=1S/C15H16F4O2/c16-13-7-11(6-12(8-13)15(17,18)19)14(20)21-9-10-4-2-1-3-5-10/h6-8,10H,1-5,9H2. The number of carbonyl (C=O) groups is 1. The van der Waals surface area contributed by atoms with Crippen molar-refractivity contribution < 1.29 is 27.1 Å². The molecule has 0 bridgehead atoms. The molecule has 6 heteroatoms. The Kier molecular flexibility index (Phi) is 4.85. The van der Waals surface area contributed by atoms with Crippen LogP contribution in [0.1, 0.15) is 48.0 Å². The number of benzene rings is 1. The van der Waals surface area contributed by atoms with Crippen molar-refractivity contribution in [1.29, 1.82) is 0 Å². The molecular formula is C15H16F4O2. The summed E-state index contributed by atoms with van der Waals surface area (Å²) < 4.78 is 55.9. The van der Waals surface area contributed by atoms with Gasteiger partial charge in [-0.25, -0.2) is 9.18 Å². The molecule has 0 spiro atoms. The van der Waals surface area contributed by atoms with Gasteiger partial charge in [0.05, 0.1) is 17.7 Å². The molecule has 1 aliphatic rings. The second kappa shape index (κ2) is 6.45. The molecule has 116 valence electrons. The van der Waals surface area contributed by atoms with Gasteiger partial charge in [-0.2, -0.15) is 13.2 Å². The molecule has 21 heavy (non-hydrogen) atoms. The zero-order valence-electron chi connectivity index (χ0n) is 11.4. The molecule has 1 aromatic carbocycles. The third kappa shape index (κ3) is 4.44. The van der Waals surface area contributed by atoms with Gasteiger partial charge >= 0.3 is 12.1 Å². The maximum absolute atomic E-state index is 13.2. The fraction of sp³-hybridized carbons (Fsp3) is 0.533. The first kappa shape index (κ1) is 15.8. The van der Waals surface area contributed by atoms with E-state index in [-0.39, 0.29) is 12.5 Å². The summed E-state index contributed by atoms with van der Waals surface area (Å²) in [7, 11) is 0. The topological polar surface area (TPSA) is 26.3 Å². The van der Waals surface area contributed by atoms with Gasteiger partial charge in [0.2, 0.25) is 0 Å². The summed E-state index contributed by atoms with van der Waals surface area (Å²) in [6, 6.07) is 1.74. The maximum Gasteiger partial charge on any atom is 0.416 e. The number of carbonyl (C=O) groups excluding carboxylic acids is 1. The molecule has 1 saturated carbocycles. The first-order chi connectivity index (χ1) is 9.86. The zero-order valence-corrected chi connectivity index (χ0v) is 11.4. The average molecular weight is 304 g/mol. The summed E-state index contributed by atoms with van der Waals surface area (Å²) in [5, 5.41) is 0. The monoisotopic (exact) mass is 304 g/mol. The Morgan fingerprint density at radius 2 is 1.81 bits per heavy atom. The van der Waals surface area contributed by atoms with Crippen LogP contribution in [-0.4, -0.2) is 12.6 Å². The number of rotatable bonds is 3. The number of alkyl halides is 3. The third-order valence-corrected chi connectivity index (χ3v) is 3.64. The molecule has 0 N–H and O–H groups in total. The van der Waals surface area contributed by atoms with E-state index in [0.29, 0.717) is 12.1 Å². The van der Waals surface area contributed by atoms with E-state index in [1.807, 2.05) is 0 Å². The van der Waals surface area contributed by atoms with E-state index in [1.165, 1.54) is 0 Å². The lowest BCUT2D eigenvalue weighted by molar-refractivity contribution is -0.137. The summed E-state index contributed by atoms with van der Waals surface area (Å²) in [6.45, 7) is 0.177. The third-order valence-electron chi connectivity index (χ3n) is 3.64. The summed E-state index contributed by atoms with van der Waals surface area (Å²) in [5.74, 6) is -1.77. The normalized spacial score (nSPS) is 16.8. The van der Waals surface area contributed by atoms with Gasteiger partial charge in [0.25, 0.3) is 0 Å². The number of hydrogen-bond donors (Lipinski definition) is 0. The maximum atomic E-state index is 13.2. The van der Waals surface area contributed by atoms with Crippen molar-refractivity contribution in [3.05, 3.63) is 35.1 Å². The average Bonchev–Trinajstić information content (AvgIpc) is 2.44. The molecule has 0 unspecified atom stereocenters. The Hall–Kier alpha value is -1.59. The molecule has 0 heterocycles. The van der Waals surface area contributed by atoms with E-state index in [4.69, 9.17) is 4.74 Å². The number of hydrogen-bond acceptors (Lipinski definition) is 2. The summed E-state index contributed by atoms with van der Waals surface area (Å²) in [4.78, 5) is 11.8. The van der Waals surface area contributed by atoms with Gasteiger partial charge in [-0.1, -0.05) is 19.3 Å². The molecule has 2 nitrogen and oxygen atoms in total. The molecule has 1 fully saturated rings. The minimum Gasteiger partial charge on any atom is -0.462 e. The van der Waals surface area contributed by atoms with Crippen LogP contribution in [0.5, 0.6) is 0 Å². The number of ether oxygens (including phenoxy) is 1. The van der Waals surface area contributed by atoms with Crippen LogP contribution in [0.4, 0.5) is 17.6 Å². The van der Waals surface area contributed by atoms with Crippen LogP contribution in [0.3, 0.4) is 0 Å². The number of halogens is 4. The fourth-order valence-electron chi connectivity index (χ4n) is 2.50. The van der Waals surface area contributed by atoms with Crippen LogP contribution in [0.2, 0.25) is 0 Å². The van der Waals surface area contributed by atoms with E-state index >= 15 is 0 Å². The van der Waals surface area contributed by atoms with Crippen LogP contribution in [-0.2, 0) is 10.9 Å². The van der Waals surface area contributed by atoms with Gasteiger partial charge in [-0.15, -0.1) is 0 Å².